The maximum Gasteiger partial charge on any atom is 0.358 e. The summed E-state index contributed by atoms with van der Waals surface area (Å²) in [5.41, 5.74) is 6.72. The number of benzene rings is 1. The average Bonchev–Trinajstić information content (AvgIpc) is 3.71. The van der Waals surface area contributed by atoms with E-state index in [9.17, 15) is 28.0 Å². The molecule has 40 heavy (non-hydrogen) atoms. The van der Waals surface area contributed by atoms with Gasteiger partial charge in [-0.1, -0.05) is 12.1 Å². The second-order valence-corrected chi connectivity index (χ2v) is 8.26. The van der Waals surface area contributed by atoms with E-state index in [2.05, 4.69) is 19.7 Å². The van der Waals surface area contributed by atoms with Crippen molar-refractivity contribution in [2.45, 2.75) is 13.1 Å². The maximum absolute atomic E-state index is 13.3. The Labute approximate surface area is 227 Å². The van der Waals surface area contributed by atoms with Crippen LogP contribution in [0.1, 0.15) is 41.7 Å². The third kappa shape index (κ3) is 6.91. The third-order valence-corrected chi connectivity index (χ3v) is 5.61. The lowest BCUT2D eigenvalue weighted by molar-refractivity contribution is 0.0584. The lowest BCUT2D eigenvalue weighted by atomic mass is 10.1. The predicted octanol–water partition coefficient (Wildman–Crippen LogP) is 2.30. The van der Waals surface area contributed by atoms with Crippen molar-refractivity contribution in [1.82, 2.24) is 24.5 Å². The quantitative estimate of drug-likeness (QED) is 0.309. The van der Waals surface area contributed by atoms with Gasteiger partial charge in [0.25, 0.3) is 11.8 Å². The molecule has 0 saturated carbocycles. The average molecular weight is 557 g/mol. The lowest BCUT2D eigenvalue weighted by Gasteiger charge is -2.15. The fourth-order valence-electron chi connectivity index (χ4n) is 3.59. The summed E-state index contributed by atoms with van der Waals surface area (Å²) in [6.45, 7) is 0.130. The zero-order valence-electron chi connectivity index (χ0n) is 21.6. The standard InChI is InChI=1S/C17H14FN3O4.C9H12FN3O2/c1-25-17(24)14-6-7-20(19-14)9-11(8-18)10-21-15(22)12-4-2-3-5-13(12)16(21)23;1-15-9(14)8-2-3-13(12-8)6-7(4-10)5-11/h2-8H,9-10H2,1H3;2-4H,5-6,11H2,1H3/b11-8-;7-4+. The van der Waals surface area contributed by atoms with E-state index in [1.165, 1.54) is 41.9 Å². The molecule has 1 aliphatic heterocycles. The molecule has 4 rings (SSSR count). The Bertz CT molecular complexity index is 1430. The van der Waals surface area contributed by atoms with E-state index in [1.807, 2.05) is 0 Å². The molecule has 0 fully saturated rings. The number of imide groups is 1. The second kappa shape index (κ2) is 13.7. The van der Waals surface area contributed by atoms with Crippen LogP contribution in [0.25, 0.3) is 0 Å². The molecule has 0 atom stereocenters. The molecule has 0 spiro atoms. The van der Waals surface area contributed by atoms with Gasteiger partial charge in [0, 0.05) is 18.9 Å². The molecule has 0 bridgehead atoms. The number of rotatable bonds is 9. The Morgan fingerprint density at radius 1 is 0.800 bits per heavy atom. The molecule has 1 aromatic carbocycles. The summed E-state index contributed by atoms with van der Waals surface area (Å²) in [6.07, 6.45) is 3.83. The zero-order valence-corrected chi connectivity index (χ0v) is 21.6. The molecule has 14 heteroatoms. The summed E-state index contributed by atoms with van der Waals surface area (Å²) in [4.78, 5) is 48.0. The van der Waals surface area contributed by atoms with E-state index in [0.717, 1.165) is 4.90 Å². The Morgan fingerprint density at radius 3 is 1.65 bits per heavy atom. The van der Waals surface area contributed by atoms with Crippen LogP contribution in [0, 0.1) is 0 Å². The molecule has 3 heterocycles. The summed E-state index contributed by atoms with van der Waals surface area (Å²) in [7, 11) is 2.50. The number of fused-ring (bicyclic) bond motifs is 1. The number of aromatic nitrogens is 4. The Balaban J connectivity index is 0.000000252. The number of amides is 2. The Morgan fingerprint density at radius 2 is 1.25 bits per heavy atom. The molecule has 0 saturated heterocycles. The summed E-state index contributed by atoms with van der Waals surface area (Å²) in [5.74, 6) is -2.05. The molecule has 2 amide bonds. The largest absolute Gasteiger partial charge is 0.464 e. The number of hydrogen-bond acceptors (Lipinski definition) is 9. The number of carbonyl (C=O) groups is 4. The van der Waals surface area contributed by atoms with Crippen LogP contribution < -0.4 is 5.73 Å². The zero-order chi connectivity index (χ0) is 29.2. The molecule has 210 valence electrons. The fraction of sp³-hybridized carbons (Fsp3) is 0.231. The summed E-state index contributed by atoms with van der Waals surface area (Å²) >= 11 is 0. The molecule has 1 aliphatic rings. The van der Waals surface area contributed by atoms with E-state index in [0.29, 0.717) is 29.4 Å². The molecular formula is C26H26F2N6O6. The van der Waals surface area contributed by atoms with Crippen LogP contribution in [-0.4, -0.2) is 75.5 Å². The van der Waals surface area contributed by atoms with Crippen LogP contribution in [0.5, 0.6) is 0 Å². The van der Waals surface area contributed by atoms with Crippen molar-refractivity contribution in [1.29, 1.82) is 0 Å². The predicted molar refractivity (Wildman–Crippen MR) is 136 cm³/mol. The highest BCUT2D eigenvalue weighted by molar-refractivity contribution is 6.21. The maximum atomic E-state index is 13.3. The van der Waals surface area contributed by atoms with E-state index in [1.54, 1.807) is 30.5 Å². The highest BCUT2D eigenvalue weighted by Gasteiger charge is 2.35. The first kappa shape index (κ1) is 29.6. The van der Waals surface area contributed by atoms with E-state index < -0.39 is 23.8 Å². The first-order chi connectivity index (χ1) is 19.3. The molecule has 12 nitrogen and oxygen atoms in total. The topological polar surface area (TPSA) is 152 Å². The van der Waals surface area contributed by atoms with E-state index in [-0.39, 0.29) is 43.1 Å². The van der Waals surface area contributed by atoms with Gasteiger partial charge >= 0.3 is 11.9 Å². The van der Waals surface area contributed by atoms with E-state index in [4.69, 9.17) is 5.73 Å². The Kier molecular flexibility index (Phi) is 10.1. The summed E-state index contributed by atoms with van der Waals surface area (Å²) in [6, 6.07) is 9.38. The van der Waals surface area contributed by atoms with Gasteiger partial charge in [-0.2, -0.15) is 10.2 Å². The van der Waals surface area contributed by atoms with Crippen LogP contribution in [0.15, 0.2) is 72.6 Å². The SMILES string of the molecule is COC(=O)c1ccn(C/C(=C/F)CN)n1.COC(=O)c1ccn(C/C(=C/F)CN2C(=O)c3ccccc3C2=O)n1. The number of hydrogen-bond donors (Lipinski definition) is 1. The molecule has 0 radical (unpaired) electrons. The first-order valence-corrected chi connectivity index (χ1v) is 11.7. The van der Waals surface area contributed by atoms with Gasteiger partial charge in [-0.05, 0) is 35.4 Å². The highest BCUT2D eigenvalue weighted by Crippen LogP contribution is 2.23. The number of esters is 2. The smallest absolute Gasteiger partial charge is 0.358 e. The minimum absolute atomic E-state index is 0.0130. The van der Waals surface area contributed by atoms with Crippen LogP contribution in [0.2, 0.25) is 0 Å². The van der Waals surface area contributed by atoms with Crippen LogP contribution in [-0.2, 0) is 22.6 Å². The molecule has 3 aromatic rings. The van der Waals surface area contributed by atoms with Crippen molar-refractivity contribution in [2.75, 3.05) is 27.3 Å². The Hall–Kier alpha value is -4.98. The van der Waals surface area contributed by atoms with Gasteiger partial charge in [-0.25, -0.2) is 18.4 Å². The van der Waals surface area contributed by atoms with Gasteiger partial charge < -0.3 is 15.2 Å². The van der Waals surface area contributed by atoms with Crippen molar-refractivity contribution in [3.05, 3.63) is 95.1 Å². The molecule has 2 aromatic heterocycles. The summed E-state index contributed by atoms with van der Waals surface area (Å²) in [5, 5.41) is 7.86. The molecule has 0 aliphatic carbocycles. The second-order valence-electron chi connectivity index (χ2n) is 8.26. The van der Waals surface area contributed by atoms with E-state index >= 15 is 0 Å². The monoisotopic (exact) mass is 556 g/mol. The number of nitrogens with zero attached hydrogens (tertiary/aromatic N) is 5. The summed E-state index contributed by atoms with van der Waals surface area (Å²) < 4.78 is 37.2. The van der Waals surface area contributed by atoms with Gasteiger partial charge in [0.05, 0.1) is 57.6 Å². The van der Waals surface area contributed by atoms with Crippen molar-refractivity contribution in [3.63, 3.8) is 0 Å². The van der Waals surface area contributed by atoms with Crippen molar-refractivity contribution < 1.29 is 37.4 Å². The number of ether oxygens (including phenoxy) is 2. The van der Waals surface area contributed by atoms with Gasteiger partial charge in [0.15, 0.2) is 11.4 Å². The first-order valence-electron chi connectivity index (χ1n) is 11.7. The third-order valence-electron chi connectivity index (χ3n) is 5.61. The minimum atomic E-state index is -0.607. The highest BCUT2D eigenvalue weighted by atomic mass is 19.1. The van der Waals surface area contributed by atoms with Crippen LogP contribution in [0.4, 0.5) is 8.78 Å². The van der Waals surface area contributed by atoms with Gasteiger partial charge in [0.1, 0.15) is 0 Å². The molecule has 0 unspecified atom stereocenters. The van der Waals surface area contributed by atoms with Gasteiger partial charge in [0.2, 0.25) is 0 Å². The number of halogens is 2. The number of nitrogens with two attached hydrogens (primary N) is 1. The minimum Gasteiger partial charge on any atom is -0.464 e. The number of carbonyl (C=O) groups excluding carboxylic acids is 4. The molecule has 2 N–H and O–H groups in total. The van der Waals surface area contributed by atoms with Crippen molar-refractivity contribution in [2.24, 2.45) is 5.73 Å². The normalized spacial score (nSPS) is 13.1. The van der Waals surface area contributed by atoms with Crippen LogP contribution in [0.3, 0.4) is 0 Å². The molecular weight excluding hydrogens is 530 g/mol. The van der Waals surface area contributed by atoms with Gasteiger partial charge in [-0.3, -0.25) is 23.9 Å². The lowest BCUT2D eigenvalue weighted by Crippen LogP contribution is -2.32. The van der Waals surface area contributed by atoms with Crippen LogP contribution >= 0.6 is 0 Å². The van der Waals surface area contributed by atoms with Crippen molar-refractivity contribution >= 4 is 23.8 Å². The fourth-order valence-corrected chi connectivity index (χ4v) is 3.59. The van der Waals surface area contributed by atoms with Gasteiger partial charge in [-0.15, -0.1) is 0 Å². The van der Waals surface area contributed by atoms with Crippen molar-refractivity contribution in [3.8, 4) is 0 Å². The number of methoxy groups -OCH3 is 2.